The van der Waals surface area contributed by atoms with Crippen LogP contribution in [-0.2, 0) is 16.0 Å². The minimum Gasteiger partial charge on any atom is -0.469 e. The molecule has 0 aliphatic rings. The molecule has 0 unspecified atom stereocenters. The molecule has 0 saturated carbocycles. The number of carbonyl (C=O) groups excluding carboxylic acids is 1. The monoisotopic (exact) mass is 217 g/mol. The summed E-state index contributed by atoms with van der Waals surface area (Å²) < 4.78 is 4.60. The molecule has 1 aromatic carbocycles. The van der Waals surface area contributed by atoms with Crippen LogP contribution in [0, 0.1) is 11.8 Å². The Bertz CT molecular complexity index is 415. The Kier molecular flexibility index (Phi) is 5.10. The van der Waals surface area contributed by atoms with Crippen LogP contribution in [0.2, 0.25) is 0 Å². The summed E-state index contributed by atoms with van der Waals surface area (Å²) in [6, 6.07) is 7.74. The summed E-state index contributed by atoms with van der Waals surface area (Å²) in [5.74, 6) is 5.59. The molecule has 0 atom stereocenters. The second-order valence-electron chi connectivity index (χ2n) is 3.24. The molecule has 2 N–H and O–H groups in total. The van der Waals surface area contributed by atoms with Crippen molar-refractivity contribution in [1.29, 1.82) is 0 Å². The molecular formula is C13H15NO2. The predicted octanol–water partition coefficient (Wildman–Crippen LogP) is 1.10. The summed E-state index contributed by atoms with van der Waals surface area (Å²) in [7, 11) is 1.39. The first kappa shape index (κ1) is 12.3. The molecular weight excluding hydrogens is 202 g/mol. The van der Waals surface area contributed by atoms with Gasteiger partial charge in [0.1, 0.15) is 0 Å². The molecule has 0 heterocycles. The van der Waals surface area contributed by atoms with E-state index >= 15 is 0 Å². The quantitative estimate of drug-likeness (QED) is 0.609. The van der Waals surface area contributed by atoms with E-state index in [1.807, 2.05) is 24.3 Å². The number of rotatable bonds is 3. The van der Waals surface area contributed by atoms with Gasteiger partial charge >= 0.3 is 5.97 Å². The van der Waals surface area contributed by atoms with Crippen molar-refractivity contribution in [2.24, 2.45) is 5.73 Å². The normalized spacial score (nSPS) is 9.12. The van der Waals surface area contributed by atoms with Crippen molar-refractivity contribution >= 4 is 5.97 Å². The SMILES string of the molecule is COC(=O)CCc1ccccc1C#CCN. The largest absolute Gasteiger partial charge is 0.469 e. The van der Waals surface area contributed by atoms with Crippen molar-refractivity contribution in [3.8, 4) is 11.8 Å². The Morgan fingerprint density at radius 1 is 1.44 bits per heavy atom. The van der Waals surface area contributed by atoms with Gasteiger partial charge in [-0.3, -0.25) is 4.79 Å². The van der Waals surface area contributed by atoms with E-state index in [9.17, 15) is 4.79 Å². The molecule has 0 saturated heterocycles. The molecule has 0 aromatic heterocycles. The summed E-state index contributed by atoms with van der Waals surface area (Å²) in [4.78, 5) is 11.0. The number of methoxy groups -OCH3 is 1. The van der Waals surface area contributed by atoms with Crippen molar-refractivity contribution in [1.82, 2.24) is 0 Å². The van der Waals surface area contributed by atoms with Crippen LogP contribution in [0.1, 0.15) is 17.5 Å². The van der Waals surface area contributed by atoms with Gasteiger partial charge < -0.3 is 10.5 Å². The Labute approximate surface area is 95.6 Å². The smallest absolute Gasteiger partial charge is 0.305 e. The number of carbonyl (C=O) groups is 1. The zero-order chi connectivity index (χ0) is 11.8. The van der Waals surface area contributed by atoms with Crippen molar-refractivity contribution in [2.45, 2.75) is 12.8 Å². The van der Waals surface area contributed by atoms with E-state index in [1.165, 1.54) is 7.11 Å². The van der Waals surface area contributed by atoms with Gasteiger partial charge in [-0.05, 0) is 18.1 Å². The number of esters is 1. The lowest BCUT2D eigenvalue weighted by atomic mass is 10.0. The first-order valence-corrected chi connectivity index (χ1v) is 5.11. The van der Waals surface area contributed by atoms with Gasteiger partial charge in [-0.1, -0.05) is 30.0 Å². The number of ether oxygens (including phenoxy) is 1. The number of aryl methyl sites for hydroxylation is 1. The molecule has 0 spiro atoms. The van der Waals surface area contributed by atoms with Crippen LogP contribution in [0.25, 0.3) is 0 Å². The Hall–Kier alpha value is -1.79. The van der Waals surface area contributed by atoms with E-state index in [4.69, 9.17) is 5.73 Å². The van der Waals surface area contributed by atoms with Crippen LogP contribution >= 0.6 is 0 Å². The van der Waals surface area contributed by atoms with Gasteiger partial charge in [-0.25, -0.2) is 0 Å². The van der Waals surface area contributed by atoms with E-state index in [2.05, 4.69) is 16.6 Å². The van der Waals surface area contributed by atoms with Gasteiger partial charge in [0.25, 0.3) is 0 Å². The van der Waals surface area contributed by atoms with Gasteiger partial charge in [0.15, 0.2) is 0 Å². The molecule has 1 rings (SSSR count). The van der Waals surface area contributed by atoms with E-state index < -0.39 is 0 Å². The fourth-order valence-corrected chi connectivity index (χ4v) is 1.35. The van der Waals surface area contributed by atoms with E-state index in [0.717, 1.165) is 11.1 Å². The van der Waals surface area contributed by atoms with Crippen LogP contribution < -0.4 is 5.73 Å². The fraction of sp³-hybridized carbons (Fsp3) is 0.308. The molecule has 3 heteroatoms. The van der Waals surface area contributed by atoms with Crippen molar-refractivity contribution in [2.75, 3.05) is 13.7 Å². The summed E-state index contributed by atoms with van der Waals surface area (Å²) in [5.41, 5.74) is 7.30. The van der Waals surface area contributed by atoms with Crippen LogP contribution in [0.4, 0.5) is 0 Å². The second-order valence-corrected chi connectivity index (χ2v) is 3.24. The minimum absolute atomic E-state index is 0.207. The van der Waals surface area contributed by atoms with Crippen LogP contribution in [0.15, 0.2) is 24.3 Å². The number of benzene rings is 1. The molecule has 0 amide bonds. The number of nitrogens with two attached hydrogens (primary N) is 1. The lowest BCUT2D eigenvalue weighted by Crippen LogP contribution is -2.03. The van der Waals surface area contributed by atoms with E-state index in [1.54, 1.807) is 0 Å². The zero-order valence-electron chi connectivity index (χ0n) is 9.32. The van der Waals surface area contributed by atoms with E-state index in [-0.39, 0.29) is 5.97 Å². The summed E-state index contributed by atoms with van der Waals surface area (Å²) in [5, 5.41) is 0. The molecule has 0 bridgehead atoms. The van der Waals surface area contributed by atoms with Gasteiger partial charge in [0.2, 0.25) is 0 Å². The number of hydrogen-bond donors (Lipinski definition) is 1. The molecule has 0 fully saturated rings. The minimum atomic E-state index is -0.207. The van der Waals surface area contributed by atoms with Crippen molar-refractivity contribution in [3.05, 3.63) is 35.4 Å². The molecule has 0 aliphatic heterocycles. The highest BCUT2D eigenvalue weighted by molar-refractivity contribution is 5.69. The fourth-order valence-electron chi connectivity index (χ4n) is 1.35. The third kappa shape index (κ3) is 3.76. The maximum atomic E-state index is 11.0. The summed E-state index contributed by atoms with van der Waals surface area (Å²) >= 11 is 0. The molecule has 0 aliphatic carbocycles. The predicted molar refractivity (Wildman–Crippen MR) is 62.7 cm³/mol. The average molecular weight is 217 g/mol. The molecule has 0 radical (unpaired) electrons. The number of hydrogen-bond acceptors (Lipinski definition) is 3. The van der Waals surface area contributed by atoms with Crippen LogP contribution in [0.5, 0.6) is 0 Å². The Morgan fingerprint density at radius 3 is 2.88 bits per heavy atom. The van der Waals surface area contributed by atoms with Gasteiger partial charge in [0.05, 0.1) is 13.7 Å². The Morgan fingerprint density at radius 2 is 2.19 bits per heavy atom. The highest BCUT2D eigenvalue weighted by atomic mass is 16.5. The topological polar surface area (TPSA) is 52.3 Å². The lowest BCUT2D eigenvalue weighted by Gasteiger charge is -2.03. The molecule has 1 aromatic rings. The third-order valence-corrected chi connectivity index (χ3v) is 2.17. The van der Waals surface area contributed by atoms with Gasteiger partial charge in [-0.2, -0.15) is 0 Å². The maximum Gasteiger partial charge on any atom is 0.305 e. The third-order valence-electron chi connectivity index (χ3n) is 2.17. The summed E-state index contributed by atoms with van der Waals surface area (Å²) in [6.07, 6.45) is 1.01. The van der Waals surface area contributed by atoms with Gasteiger partial charge in [0, 0.05) is 12.0 Å². The Balaban J connectivity index is 2.75. The maximum absolute atomic E-state index is 11.0. The van der Waals surface area contributed by atoms with Crippen LogP contribution in [0.3, 0.4) is 0 Å². The first-order valence-electron chi connectivity index (χ1n) is 5.11. The molecule has 84 valence electrons. The molecule has 3 nitrogen and oxygen atoms in total. The molecule has 16 heavy (non-hydrogen) atoms. The van der Waals surface area contributed by atoms with Gasteiger partial charge in [-0.15, -0.1) is 0 Å². The zero-order valence-corrected chi connectivity index (χ0v) is 9.32. The lowest BCUT2D eigenvalue weighted by molar-refractivity contribution is -0.140. The summed E-state index contributed by atoms with van der Waals surface area (Å²) in [6.45, 7) is 0.339. The standard InChI is InChI=1S/C13H15NO2/c1-16-13(15)9-8-12-6-3-2-5-11(12)7-4-10-14/h2-3,5-6H,8-10,14H2,1H3. The highest BCUT2D eigenvalue weighted by Crippen LogP contribution is 2.10. The second kappa shape index (κ2) is 6.65. The van der Waals surface area contributed by atoms with Crippen LogP contribution in [-0.4, -0.2) is 19.6 Å². The van der Waals surface area contributed by atoms with E-state index in [0.29, 0.717) is 19.4 Å². The van der Waals surface area contributed by atoms with Crippen molar-refractivity contribution in [3.63, 3.8) is 0 Å². The van der Waals surface area contributed by atoms with Crippen molar-refractivity contribution < 1.29 is 9.53 Å². The highest BCUT2D eigenvalue weighted by Gasteiger charge is 2.03. The first-order chi connectivity index (χ1) is 7.77. The average Bonchev–Trinajstić information content (AvgIpc) is 2.34.